The maximum atomic E-state index is 8.67. The molecule has 1 N–H and O–H groups in total. The summed E-state index contributed by atoms with van der Waals surface area (Å²) in [6, 6.07) is 1.86. The third-order valence-corrected chi connectivity index (χ3v) is 1.89. The van der Waals surface area contributed by atoms with Gasteiger partial charge < -0.3 is 5.21 Å². The first-order chi connectivity index (χ1) is 5.92. The third kappa shape index (κ3) is 0.993. The maximum absolute atomic E-state index is 8.67. The van der Waals surface area contributed by atoms with Gasteiger partial charge in [-0.05, 0) is 6.07 Å². The van der Waals surface area contributed by atoms with E-state index in [1.54, 1.807) is 12.4 Å². The average Bonchev–Trinajstić information content (AvgIpc) is 2.17. The van der Waals surface area contributed by atoms with Crippen LogP contribution in [0.3, 0.4) is 0 Å². The minimum absolute atomic E-state index is 0.688. The van der Waals surface area contributed by atoms with E-state index >= 15 is 0 Å². The molecule has 3 nitrogen and oxygen atoms in total. The number of hydrogen-bond donors (Lipinski definition) is 1. The number of aromatic nitrogens is 1. The zero-order chi connectivity index (χ0) is 8.39. The molecule has 2 rings (SSSR count). The van der Waals surface area contributed by atoms with Crippen molar-refractivity contribution in [3.05, 3.63) is 35.7 Å². The number of fused-ring (bicyclic) bond motifs is 1. The van der Waals surface area contributed by atoms with Crippen LogP contribution >= 0.6 is 0 Å². The van der Waals surface area contributed by atoms with Crippen LogP contribution in [0.1, 0.15) is 17.5 Å². The summed E-state index contributed by atoms with van der Waals surface area (Å²) in [6.07, 6.45) is 8.09. The van der Waals surface area contributed by atoms with Crippen LogP contribution in [0.2, 0.25) is 0 Å². The Morgan fingerprint density at radius 2 is 2.42 bits per heavy atom. The van der Waals surface area contributed by atoms with Crippen LogP contribution in [0, 0.1) is 0 Å². The van der Waals surface area contributed by atoms with Crippen molar-refractivity contribution in [3.63, 3.8) is 0 Å². The van der Waals surface area contributed by atoms with Gasteiger partial charge in [0.25, 0.3) is 0 Å². The van der Waals surface area contributed by atoms with Gasteiger partial charge in [0.1, 0.15) is 0 Å². The van der Waals surface area contributed by atoms with E-state index in [4.69, 9.17) is 5.21 Å². The smallest absolute Gasteiger partial charge is 0.0912 e. The molecule has 0 atom stereocenters. The molecule has 1 aromatic heterocycles. The predicted octanol–water partition coefficient (Wildman–Crippen LogP) is 1.68. The molecule has 0 saturated carbocycles. The predicted molar refractivity (Wildman–Crippen MR) is 46.2 cm³/mol. The Bertz CT molecular complexity index is 355. The lowest BCUT2D eigenvalue weighted by Crippen LogP contribution is -2.05. The highest BCUT2D eigenvalue weighted by molar-refractivity contribution is 6.05. The summed E-state index contributed by atoms with van der Waals surface area (Å²) >= 11 is 0. The maximum Gasteiger partial charge on any atom is 0.0912 e. The summed E-state index contributed by atoms with van der Waals surface area (Å²) in [6.45, 7) is 0. The molecule has 1 aliphatic carbocycles. The first-order valence-corrected chi connectivity index (χ1v) is 3.73. The van der Waals surface area contributed by atoms with Crippen molar-refractivity contribution in [1.29, 1.82) is 0 Å². The van der Waals surface area contributed by atoms with Gasteiger partial charge in [-0.1, -0.05) is 17.3 Å². The number of allylic oxidation sites excluding steroid dienone is 1. The fraction of sp³-hybridized carbons (Fsp3) is 0.111. The molecule has 0 spiro atoms. The van der Waals surface area contributed by atoms with Gasteiger partial charge in [0.15, 0.2) is 0 Å². The monoisotopic (exact) mass is 160 g/mol. The lowest BCUT2D eigenvalue weighted by molar-refractivity contribution is 0.318. The number of oxime groups is 1. The molecule has 0 amide bonds. The Kier molecular flexibility index (Phi) is 1.63. The highest BCUT2D eigenvalue weighted by Gasteiger charge is 2.10. The molecule has 0 bridgehead atoms. The minimum Gasteiger partial charge on any atom is -0.411 e. The molecule has 0 saturated heterocycles. The Morgan fingerprint density at radius 1 is 1.50 bits per heavy atom. The minimum atomic E-state index is 0.688. The van der Waals surface area contributed by atoms with Gasteiger partial charge in [-0.2, -0.15) is 0 Å². The van der Waals surface area contributed by atoms with Crippen LogP contribution in [-0.2, 0) is 0 Å². The van der Waals surface area contributed by atoms with Crippen molar-refractivity contribution >= 4 is 11.8 Å². The summed E-state index contributed by atoms with van der Waals surface area (Å²) < 4.78 is 0. The molecule has 3 heteroatoms. The Hall–Kier alpha value is -1.64. The summed E-state index contributed by atoms with van der Waals surface area (Å²) in [5.74, 6) is 0. The SMILES string of the molecule is ON=C1CC=Cc2cnccc21. The summed E-state index contributed by atoms with van der Waals surface area (Å²) in [5, 5.41) is 11.9. The topological polar surface area (TPSA) is 45.5 Å². The van der Waals surface area contributed by atoms with E-state index in [9.17, 15) is 0 Å². The fourth-order valence-electron chi connectivity index (χ4n) is 1.30. The normalized spacial score (nSPS) is 17.8. The molecule has 60 valence electrons. The van der Waals surface area contributed by atoms with Crippen LogP contribution in [0.15, 0.2) is 29.7 Å². The zero-order valence-electron chi connectivity index (χ0n) is 6.44. The number of rotatable bonds is 0. The number of pyridine rings is 1. The molecule has 0 fully saturated rings. The van der Waals surface area contributed by atoms with Gasteiger partial charge >= 0.3 is 0 Å². The second-order valence-electron chi connectivity index (χ2n) is 2.62. The second kappa shape index (κ2) is 2.77. The van der Waals surface area contributed by atoms with Gasteiger partial charge in [0, 0.05) is 29.9 Å². The van der Waals surface area contributed by atoms with Crippen LogP contribution in [0.5, 0.6) is 0 Å². The lowest BCUT2D eigenvalue weighted by Gasteiger charge is -2.09. The molecule has 0 unspecified atom stereocenters. The van der Waals surface area contributed by atoms with E-state index < -0.39 is 0 Å². The van der Waals surface area contributed by atoms with Crippen molar-refractivity contribution in [1.82, 2.24) is 4.98 Å². The van der Waals surface area contributed by atoms with Crippen molar-refractivity contribution in [2.45, 2.75) is 6.42 Å². The quantitative estimate of drug-likeness (QED) is 0.463. The van der Waals surface area contributed by atoms with Crippen molar-refractivity contribution in [3.8, 4) is 0 Å². The highest BCUT2D eigenvalue weighted by Crippen LogP contribution is 2.17. The molecular formula is C9H8N2O. The van der Waals surface area contributed by atoms with Crippen LogP contribution in [-0.4, -0.2) is 15.9 Å². The highest BCUT2D eigenvalue weighted by atomic mass is 16.4. The number of nitrogens with zero attached hydrogens (tertiary/aromatic N) is 2. The Balaban J connectivity index is 2.60. The summed E-state index contributed by atoms with van der Waals surface area (Å²) in [7, 11) is 0. The Morgan fingerprint density at radius 3 is 3.25 bits per heavy atom. The van der Waals surface area contributed by atoms with E-state index in [1.807, 2.05) is 18.2 Å². The van der Waals surface area contributed by atoms with Crippen LogP contribution in [0.25, 0.3) is 6.08 Å². The average molecular weight is 160 g/mol. The zero-order valence-corrected chi connectivity index (χ0v) is 6.44. The van der Waals surface area contributed by atoms with Gasteiger partial charge in [-0.25, -0.2) is 0 Å². The fourth-order valence-corrected chi connectivity index (χ4v) is 1.30. The van der Waals surface area contributed by atoms with Gasteiger partial charge in [-0.15, -0.1) is 0 Å². The summed E-state index contributed by atoms with van der Waals surface area (Å²) in [4.78, 5) is 3.98. The van der Waals surface area contributed by atoms with E-state index in [0.29, 0.717) is 12.1 Å². The summed E-state index contributed by atoms with van der Waals surface area (Å²) in [5.41, 5.74) is 2.68. The van der Waals surface area contributed by atoms with Crippen LogP contribution in [0.4, 0.5) is 0 Å². The first kappa shape index (κ1) is 7.03. The van der Waals surface area contributed by atoms with Gasteiger partial charge in [0.2, 0.25) is 0 Å². The second-order valence-corrected chi connectivity index (χ2v) is 2.62. The largest absolute Gasteiger partial charge is 0.411 e. The molecule has 0 radical (unpaired) electrons. The molecule has 1 aliphatic rings. The van der Waals surface area contributed by atoms with Crippen molar-refractivity contribution < 1.29 is 5.21 Å². The van der Waals surface area contributed by atoms with Crippen molar-refractivity contribution in [2.24, 2.45) is 5.16 Å². The molecule has 1 aromatic rings. The third-order valence-electron chi connectivity index (χ3n) is 1.89. The van der Waals surface area contributed by atoms with E-state index in [2.05, 4.69) is 10.1 Å². The molecule has 0 aliphatic heterocycles. The molecule has 0 aromatic carbocycles. The van der Waals surface area contributed by atoms with Gasteiger partial charge in [-0.3, -0.25) is 4.98 Å². The molecule has 1 heterocycles. The van der Waals surface area contributed by atoms with Gasteiger partial charge in [0.05, 0.1) is 5.71 Å². The van der Waals surface area contributed by atoms with Crippen LogP contribution < -0.4 is 0 Å². The first-order valence-electron chi connectivity index (χ1n) is 3.73. The van der Waals surface area contributed by atoms with E-state index in [1.165, 1.54) is 0 Å². The standard InChI is InChI=1S/C9H8N2O/c12-11-9-3-1-2-7-6-10-5-4-8(7)9/h1-2,4-6,12H,3H2. The number of hydrogen-bond acceptors (Lipinski definition) is 3. The molecular weight excluding hydrogens is 152 g/mol. The van der Waals surface area contributed by atoms with E-state index in [0.717, 1.165) is 11.1 Å². The molecule has 12 heavy (non-hydrogen) atoms. The van der Waals surface area contributed by atoms with E-state index in [-0.39, 0.29) is 0 Å². The lowest BCUT2D eigenvalue weighted by atomic mass is 9.98. The van der Waals surface area contributed by atoms with Crippen molar-refractivity contribution in [2.75, 3.05) is 0 Å². The Labute approximate surface area is 70.1 Å².